The lowest BCUT2D eigenvalue weighted by atomic mass is 9.95. The summed E-state index contributed by atoms with van der Waals surface area (Å²) in [6.45, 7) is 7.02. The molecule has 1 aromatic rings. The molecule has 6 heteroatoms. The minimum Gasteiger partial charge on any atom is -0.387 e. The number of piperidine rings is 1. The molecule has 24 heavy (non-hydrogen) atoms. The first kappa shape index (κ1) is 17.7. The second-order valence-electron chi connectivity index (χ2n) is 6.84. The van der Waals surface area contributed by atoms with Crippen LogP contribution >= 0.6 is 0 Å². The fourth-order valence-corrected chi connectivity index (χ4v) is 3.62. The SMILES string of the molecule is OC(CN1CCC(CN2CCOCC2)CC1)c1ccc(F)cc1F. The highest BCUT2D eigenvalue weighted by atomic mass is 19.1. The Kier molecular flexibility index (Phi) is 6.16. The van der Waals surface area contributed by atoms with Gasteiger partial charge in [-0.15, -0.1) is 0 Å². The smallest absolute Gasteiger partial charge is 0.131 e. The number of β-amino-alcohol motifs (C(OH)–C–C–N with tert-alkyl or cyclic N) is 1. The van der Waals surface area contributed by atoms with E-state index in [1.165, 1.54) is 12.1 Å². The van der Waals surface area contributed by atoms with Gasteiger partial charge in [0.1, 0.15) is 11.6 Å². The van der Waals surface area contributed by atoms with E-state index in [0.29, 0.717) is 12.5 Å². The van der Waals surface area contributed by atoms with E-state index in [2.05, 4.69) is 9.80 Å². The van der Waals surface area contributed by atoms with Crippen molar-refractivity contribution in [3.05, 3.63) is 35.4 Å². The van der Waals surface area contributed by atoms with Crippen LogP contribution in [0.15, 0.2) is 18.2 Å². The fraction of sp³-hybridized carbons (Fsp3) is 0.667. The van der Waals surface area contributed by atoms with Crippen LogP contribution in [0.4, 0.5) is 8.78 Å². The van der Waals surface area contributed by atoms with Crippen LogP contribution in [0.5, 0.6) is 0 Å². The maximum Gasteiger partial charge on any atom is 0.131 e. The summed E-state index contributed by atoms with van der Waals surface area (Å²) in [6, 6.07) is 3.35. The van der Waals surface area contributed by atoms with Gasteiger partial charge in [-0.2, -0.15) is 0 Å². The van der Waals surface area contributed by atoms with Gasteiger partial charge < -0.3 is 14.7 Å². The van der Waals surface area contributed by atoms with E-state index in [4.69, 9.17) is 4.74 Å². The third kappa shape index (κ3) is 4.72. The Labute approximate surface area is 142 Å². The number of morpholine rings is 1. The maximum atomic E-state index is 13.7. The van der Waals surface area contributed by atoms with Crippen molar-refractivity contribution in [1.29, 1.82) is 0 Å². The first-order chi connectivity index (χ1) is 11.6. The van der Waals surface area contributed by atoms with Gasteiger partial charge in [0.15, 0.2) is 0 Å². The van der Waals surface area contributed by atoms with Crippen molar-refractivity contribution in [1.82, 2.24) is 9.80 Å². The molecule has 2 heterocycles. The molecule has 0 bridgehead atoms. The monoisotopic (exact) mass is 340 g/mol. The Morgan fingerprint density at radius 1 is 1.08 bits per heavy atom. The zero-order chi connectivity index (χ0) is 16.9. The van der Waals surface area contributed by atoms with Crippen LogP contribution in [-0.2, 0) is 4.74 Å². The van der Waals surface area contributed by atoms with Crippen LogP contribution in [0.3, 0.4) is 0 Å². The summed E-state index contributed by atoms with van der Waals surface area (Å²) in [6.07, 6.45) is 1.27. The second kappa shape index (κ2) is 8.34. The second-order valence-corrected chi connectivity index (χ2v) is 6.84. The molecule has 0 aliphatic carbocycles. The van der Waals surface area contributed by atoms with Gasteiger partial charge in [-0.05, 0) is 37.9 Å². The standard InChI is InChI=1S/C18H26F2N2O2/c19-15-1-2-16(17(20)11-15)18(23)13-21-5-3-14(4-6-21)12-22-7-9-24-10-8-22/h1-2,11,14,18,23H,3-10,12-13H2. The van der Waals surface area contributed by atoms with Crippen molar-refractivity contribution in [2.75, 3.05) is 52.5 Å². The van der Waals surface area contributed by atoms with E-state index in [1.807, 2.05) is 0 Å². The van der Waals surface area contributed by atoms with E-state index < -0.39 is 17.7 Å². The number of rotatable bonds is 5. The summed E-state index contributed by atoms with van der Waals surface area (Å²) in [5.41, 5.74) is 0.173. The normalized spacial score (nSPS) is 22.6. The first-order valence-corrected chi connectivity index (χ1v) is 8.77. The molecule has 0 radical (unpaired) electrons. The Balaban J connectivity index is 1.44. The van der Waals surface area contributed by atoms with Crippen molar-refractivity contribution in [3.63, 3.8) is 0 Å². The number of hydrogen-bond donors (Lipinski definition) is 1. The molecule has 1 atom stereocenters. The highest BCUT2D eigenvalue weighted by molar-refractivity contribution is 5.21. The molecule has 1 aromatic carbocycles. The average molecular weight is 340 g/mol. The molecule has 3 rings (SSSR count). The number of benzene rings is 1. The molecule has 2 aliphatic heterocycles. The number of aliphatic hydroxyl groups excluding tert-OH is 1. The van der Waals surface area contributed by atoms with E-state index in [9.17, 15) is 13.9 Å². The van der Waals surface area contributed by atoms with Crippen LogP contribution in [0, 0.1) is 17.6 Å². The summed E-state index contributed by atoms with van der Waals surface area (Å²) in [5, 5.41) is 10.2. The largest absolute Gasteiger partial charge is 0.387 e. The van der Waals surface area contributed by atoms with Gasteiger partial charge >= 0.3 is 0 Å². The molecule has 4 nitrogen and oxygen atoms in total. The third-order valence-electron chi connectivity index (χ3n) is 5.08. The third-order valence-corrected chi connectivity index (χ3v) is 5.08. The van der Waals surface area contributed by atoms with Gasteiger partial charge in [0.25, 0.3) is 0 Å². The van der Waals surface area contributed by atoms with Crippen molar-refractivity contribution in [3.8, 4) is 0 Å². The summed E-state index contributed by atoms with van der Waals surface area (Å²) in [4.78, 5) is 4.63. The van der Waals surface area contributed by atoms with Gasteiger partial charge in [0.05, 0.1) is 19.3 Å². The lowest BCUT2D eigenvalue weighted by Crippen LogP contribution is -2.43. The number of hydrogen-bond acceptors (Lipinski definition) is 4. The summed E-state index contributed by atoms with van der Waals surface area (Å²) in [7, 11) is 0. The minimum absolute atomic E-state index is 0.173. The van der Waals surface area contributed by atoms with E-state index in [1.54, 1.807) is 0 Å². The van der Waals surface area contributed by atoms with Gasteiger partial charge in [-0.3, -0.25) is 4.90 Å². The maximum absolute atomic E-state index is 13.7. The Bertz CT molecular complexity index is 530. The van der Waals surface area contributed by atoms with Crippen LogP contribution < -0.4 is 0 Å². The summed E-state index contributed by atoms with van der Waals surface area (Å²) < 4.78 is 32.1. The number of likely N-dealkylation sites (tertiary alicyclic amines) is 1. The average Bonchev–Trinajstić information content (AvgIpc) is 2.57. The van der Waals surface area contributed by atoms with Crippen molar-refractivity contribution < 1.29 is 18.6 Å². The number of aliphatic hydroxyl groups is 1. The molecular formula is C18H26F2N2O2. The molecule has 0 aromatic heterocycles. The van der Waals surface area contributed by atoms with Crippen LogP contribution in [0.2, 0.25) is 0 Å². The molecule has 0 spiro atoms. The molecule has 2 saturated heterocycles. The summed E-state index contributed by atoms with van der Waals surface area (Å²) in [5.74, 6) is -0.615. The number of halogens is 2. The molecule has 1 unspecified atom stereocenters. The van der Waals surface area contributed by atoms with Crippen LogP contribution in [0.1, 0.15) is 24.5 Å². The zero-order valence-electron chi connectivity index (χ0n) is 14.0. The van der Waals surface area contributed by atoms with Crippen molar-refractivity contribution >= 4 is 0 Å². The summed E-state index contributed by atoms with van der Waals surface area (Å²) >= 11 is 0. The van der Waals surface area contributed by atoms with E-state index >= 15 is 0 Å². The highest BCUT2D eigenvalue weighted by Crippen LogP contribution is 2.23. The van der Waals surface area contributed by atoms with Crippen LogP contribution in [0.25, 0.3) is 0 Å². The Morgan fingerprint density at radius 2 is 1.79 bits per heavy atom. The van der Waals surface area contributed by atoms with E-state index in [0.717, 1.165) is 64.8 Å². The number of ether oxygens (including phenoxy) is 1. The molecule has 2 fully saturated rings. The Hall–Kier alpha value is -1.08. The molecule has 0 saturated carbocycles. The lowest BCUT2D eigenvalue weighted by molar-refractivity contribution is 0.0215. The van der Waals surface area contributed by atoms with Gasteiger partial charge in [-0.25, -0.2) is 8.78 Å². The molecule has 134 valence electrons. The molecule has 2 aliphatic rings. The highest BCUT2D eigenvalue weighted by Gasteiger charge is 2.24. The zero-order valence-corrected chi connectivity index (χ0v) is 14.0. The van der Waals surface area contributed by atoms with E-state index in [-0.39, 0.29) is 5.56 Å². The quantitative estimate of drug-likeness (QED) is 0.890. The first-order valence-electron chi connectivity index (χ1n) is 8.77. The lowest BCUT2D eigenvalue weighted by Gasteiger charge is -2.36. The van der Waals surface area contributed by atoms with Gasteiger partial charge in [-0.1, -0.05) is 6.07 Å². The van der Waals surface area contributed by atoms with Crippen LogP contribution in [-0.4, -0.2) is 67.4 Å². The van der Waals surface area contributed by atoms with Crippen molar-refractivity contribution in [2.45, 2.75) is 18.9 Å². The molecule has 0 amide bonds. The predicted octanol–water partition coefficient (Wildman–Crippen LogP) is 2.04. The van der Waals surface area contributed by atoms with Gasteiger partial charge in [0.2, 0.25) is 0 Å². The predicted molar refractivity (Wildman–Crippen MR) is 87.7 cm³/mol. The number of nitrogens with zero attached hydrogens (tertiary/aromatic N) is 2. The van der Waals surface area contributed by atoms with Crippen molar-refractivity contribution in [2.24, 2.45) is 5.92 Å². The molecular weight excluding hydrogens is 314 g/mol. The minimum atomic E-state index is -0.915. The Morgan fingerprint density at radius 3 is 2.46 bits per heavy atom. The topological polar surface area (TPSA) is 35.9 Å². The fourth-order valence-electron chi connectivity index (χ4n) is 3.62. The van der Waals surface area contributed by atoms with Gasteiger partial charge in [0, 0.05) is 37.8 Å². The molecule has 1 N–H and O–H groups in total.